The zero-order chi connectivity index (χ0) is 17.5. The van der Waals surface area contributed by atoms with Gasteiger partial charge < -0.3 is 11.1 Å². The number of halogens is 2. The lowest BCUT2D eigenvalue weighted by Crippen LogP contribution is -2.47. The molecule has 0 bridgehead atoms. The van der Waals surface area contributed by atoms with Crippen molar-refractivity contribution in [1.29, 1.82) is 0 Å². The van der Waals surface area contributed by atoms with Crippen molar-refractivity contribution in [1.82, 2.24) is 10.2 Å². The maximum Gasteiger partial charge on any atom is 0.241 e. The van der Waals surface area contributed by atoms with E-state index >= 15 is 0 Å². The van der Waals surface area contributed by atoms with Crippen LogP contribution in [-0.2, 0) is 11.3 Å². The minimum absolute atomic E-state index is 0. The van der Waals surface area contributed by atoms with E-state index in [4.69, 9.17) is 5.73 Å². The number of piperidine rings is 1. The summed E-state index contributed by atoms with van der Waals surface area (Å²) in [4.78, 5) is 14.9. The van der Waals surface area contributed by atoms with Crippen LogP contribution in [0.1, 0.15) is 36.4 Å². The lowest BCUT2D eigenvalue weighted by Gasteiger charge is -2.36. The van der Waals surface area contributed by atoms with Gasteiger partial charge in [-0.15, -0.1) is 24.8 Å². The molecule has 4 nitrogen and oxygen atoms in total. The summed E-state index contributed by atoms with van der Waals surface area (Å²) in [7, 11) is 0. The van der Waals surface area contributed by atoms with Gasteiger partial charge in [-0.1, -0.05) is 67.1 Å². The quantitative estimate of drug-likeness (QED) is 0.764. The Hall–Kier alpha value is -1.59. The molecule has 0 radical (unpaired) electrons. The van der Waals surface area contributed by atoms with Gasteiger partial charge in [0.25, 0.3) is 0 Å². The summed E-state index contributed by atoms with van der Waals surface area (Å²) in [6.45, 7) is 2.68. The Bertz CT molecular complexity index is 670. The van der Waals surface area contributed by atoms with Crippen molar-refractivity contribution in [2.75, 3.05) is 13.1 Å². The van der Waals surface area contributed by atoms with Gasteiger partial charge >= 0.3 is 0 Å². The number of carbonyl (C=O) groups excluding carboxylic acids is 1. The molecule has 1 fully saturated rings. The van der Waals surface area contributed by atoms with Crippen LogP contribution in [0.15, 0.2) is 60.7 Å². The highest BCUT2D eigenvalue weighted by molar-refractivity contribution is 5.85. The first-order chi connectivity index (χ1) is 12.2. The number of hydrogen-bond donors (Lipinski definition) is 2. The zero-order valence-electron chi connectivity index (χ0n) is 15.4. The molecule has 3 N–H and O–H groups in total. The van der Waals surface area contributed by atoms with E-state index in [1.807, 2.05) is 36.4 Å². The lowest BCUT2D eigenvalue weighted by atomic mass is 10.0. The molecule has 2 aromatic rings. The molecule has 148 valence electrons. The Balaban J connectivity index is 0.00000182. The molecule has 2 unspecified atom stereocenters. The Morgan fingerprint density at radius 2 is 1.67 bits per heavy atom. The minimum atomic E-state index is -0.604. The van der Waals surface area contributed by atoms with Crippen molar-refractivity contribution >= 4 is 30.7 Å². The van der Waals surface area contributed by atoms with E-state index in [1.54, 1.807) is 0 Å². The standard InChI is InChI=1S/C21H27N3O.2ClH/c22-20(18-11-5-2-6-12-18)21(25)23-15-19-13-7-8-14-24(19)16-17-9-3-1-4-10-17;;/h1-6,9-12,19-20H,7-8,13-16,22H2,(H,23,25);2*1H. The van der Waals surface area contributed by atoms with E-state index in [0.29, 0.717) is 12.6 Å². The van der Waals surface area contributed by atoms with Crippen LogP contribution >= 0.6 is 24.8 Å². The van der Waals surface area contributed by atoms with Crippen molar-refractivity contribution < 1.29 is 4.79 Å². The highest BCUT2D eigenvalue weighted by Gasteiger charge is 2.24. The number of carbonyl (C=O) groups is 1. The van der Waals surface area contributed by atoms with Gasteiger partial charge in [0, 0.05) is 19.1 Å². The predicted octanol–water partition coefficient (Wildman–Crippen LogP) is 3.70. The van der Waals surface area contributed by atoms with E-state index in [2.05, 4.69) is 34.5 Å². The first-order valence-corrected chi connectivity index (χ1v) is 9.10. The van der Waals surface area contributed by atoms with Gasteiger partial charge in [-0.05, 0) is 30.5 Å². The number of amides is 1. The number of nitrogens with one attached hydrogen (secondary N) is 1. The van der Waals surface area contributed by atoms with Crippen molar-refractivity contribution in [2.24, 2.45) is 5.73 Å². The zero-order valence-corrected chi connectivity index (χ0v) is 17.1. The number of likely N-dealkylation sites (tertiary alicyclic amines) is 1. The Kier molecular flexibility index (Phi) is 10.4. The summed E-state index contributed by atoms with van der Waals surface area (Å²) >= 11 is 0. The van der Waals surface area contributed by atoms with Gasteiger partial charge in [-0.3, -0.25) is 9.69 Å². The third kappa shape index (κ3) is 6.82. The van der Waals surface area contributed by atoms with Crippen molar-refractivity contribution in [3.63, 3.8) is 0 Å². The Morgan fingerprint density at radius 3 is 2.33 bits per heavy atom. The fraction of sp³-hybridized carbons (Fsp3) is 0.381. The van der Waals surface area contributed by atoms with E-state index in [-0.39, 0.29) is 30.7 Å². The second kappa shape index (κ2) is 12.0. The Labute approximate surface area is 174 Å². The summed E-state index contributed by atoms with van der Waals surface area (Å²) < 4.78 is 0. The van der Waals surface area contributed by atoms with Crippen molar-refractivity contribution in [3.8, 4) is 0 Å². The second-order valence-corrected chi connectivity index (χ2v) is 6.74. The van der Waals surface area contributed by atoms with Crippen LogP contribution in [-0.4, -0.2) is 29.9 Å². The highest BCUT2D eigenvalue weighted by Crippen LogP contribution is 2.19. The van der Waals surface area contributed by atoms with Crippen LogP contribution in [0.3, 0.4) is 0 Å². The lowest BCUT2D eigenvalue weighted by molar-refractivity contribution is -0.122. The first kappa shape index (κ1) is 23.4. The van der Waals surface area contributed by atoms with Gasteiger partial charge in [0.15, 0.2) is 0 Å². The van der Waals surface area contributed by atoms with E-state index in [9.17, 15) is 4.79 Å². The van der Waals surface area contributed by atoms with Crippen molar-refractivity contribution in [3.05, 3.63) is 71.8 Å². The van der Waals surface area contributed by atoms with Gasteiger partial charge in [-0.25, -0.2) is 0 Å². The molecule has 0 saturated carbocycles. The molecule has 1 aliphatic heterocycles. The molecule has 3 rings (SSSR count). The second-order valence-electron chi connectivity index (χ2n) is 6.74. The predicted molar refractivity (Wildman–Crippen MR) is 115 cm³/mol. The molecule has 1 aliphatic rings. The first-order valence-electron chi connectivity index (χ1n) is 9.10. The normalized spacial score (nSPS) is 17.9. The number of rotatable bonds is 6. The SMILES string of the molecule is Cl.Cl.NC(C(=O)NCC1CCCCN1Cc1ccccc1)c1ccccc1. The molecule has 2 aromatic carbocycles. The molecule has 0 aromatic heterocycles. The molecule has 0 aliphatic carbocycles. The molecule has 27 heavy (non-hydrogen) atoms. The van der Waals surface area contributed by atoms with Crippen LogP contribution in [0.4, 0.5) is 0 Å². The molecule has 0 spiro atoms. The van der Waals surface area contributed by atoms with Crippen LogP contribution in [0, 0.1) is 0 Å². The van der Waals surface area contributed by atoms with E-state index < -0.39 is 6.04 Å². The fourth-order valence-electron chi connectivity index (χ4n) is 3.46. The summed E-state index contributed by atoms with van der Waals surface area (Å²) in [5.74, 6) is -0.101. The van der Waals surface area contributed by atoms with Gasteiger partial charge in [-0.2, -0.15) is 0 Å². The topological polar surface area (TPSA) is 58.4 Å². The van der Waals surface area contributed by atoms with Gasteiger partial charge in [0.1, 0.15) is 6.04 Å². The average molecular weight is 410 g/mol. The average Bonchev–Trinajstić information content (AvgIpc) is 2.68. The van der Waals surface area contributed by atoms with Crippen LogP contribution < -0.4 is 11.1 Å². The number of nitrogens with two attached hydrogens (primary N) is 1. The number of benzene rings is 2. The van der Waals surface area contributed by atoms with Crippen LogP contribution in [0.25, 0.3) is 0 Å². The van der Waals surface area contributed by atoms with Crippen molar-refractivity contribution in [2.45, 2.75) is 37.9 Å². The van der Waals surface area contributed by atoms with Gasteiger partial charge in [0.2, 0.25) is 5.91 Å². The number of hydrogen-bond acceptors (Lipinski definition) is 3. The fourth-order valence-corrected chi connectivity index (χ4v) is 3.46. The summed E-state index contributed by atoms with van der Waals surface area (Å²) in [5.41, 5.74) is 8.26. The maximum absolute atomic E-state index is 12.4. The molecule has 1 heterocycles. The monoisotopic (exact) mass is 409 g/mol. The van der Waals surface area contributed by atoms with Crippen LogP contribution in [0.5, 0.6) is 0 Å². The van der Waals surface area contributed by atoms with Crippen LogP contribution in [0.2, 0.25) is 0 Å². The largest absolute Gasteiger partial charge is 0.353 e. The molecule has 6 heteroatoms. The maximum atomic E-state index is 12.4. The summed E-state index contributed by atoms with van der Waals surface area (Å²) in [6.07, 6.45) is 3.56. The Morgan fingerprint density at radius 1 is 1.04 bits per heavy atom. The van der Waals surface area contributed by atoms with E-state index in [1.165, 1.54) is 18.4 Å². The molecular formula is C21H29Cl2N3O. The van der Waals surface area contributed by atoms with Gasteiger partial charge in [0.05, 0.1) is 0 Å². The molecule has 1 saturated heterocycles. The summed E-state index contributed by atoms with van der Waals surface area (Å²) in [5, 5.41) is 3.06. The summed E-state index contributed by atoms with van der Waals surface area (Å²) in [6, 6.07) is 19.8. The molecule has 1 amide bonds. The highest BCUT2D eigenvalue weighted by atomic mass is 35.5. The number of nitrogens with zero attached hydrogens (tertiary/aromatic N) is 1. The minimum Gasteiger partial charge on any atom is -0.353 e. The molecule has 2 atom stereocenters. The molecular weight excluding hydrogens is 381 g/mol. The third-order valence-corrected chi connectivity index (χ3v) is 4.93. The third-order valence-electron chi connectivity index (χ3n) is 4.93. The van der Waals surface area contributed by atoms with E-state index in [0.717, 1.165) is 25.1 Å². The smallest absolute Gasteiger partial charge is 0.241 e.